The SMILES string of the molecule is COc1cc(CC(=O)NCC(=O)Nc2ccc(-n3cncn3)cc2)cc(OC)c1OC. The Morgan fingerprint density at radius 2 is 1.65 bits per heavy atom. The van der Waals surface area contributed by atoms with Gasteiger partial charge in [0.05, 0.1) is 40.0 Å². The molecule has 2 aromatic carbocycles. The Balaban J connectivity index is 1.53. The van der Waals surface area contributed by atoms with Gasteiger partial charge in [-0.25, -0.2) is 9.67 Å². The van der Waals surface area contributed by atoms with Gasteiger partial charge in [0.15, 0.2) is 11.5 Å². The van der Waals surface area contributed by atoms with Gasteiger partial charge in [-0.15, -0.1) is 0 Å². The van der Waals surface area contributed by atoms with Gasteiger partial charge in [-0.05, 0) is 42.0 Å². The Hall–Kier alpha value is -4.08. The molecule has 31 heavy (non-hydrogen) atoms. The van der Waals surface area contributed by atoms with Crippen molar-refractivity contribution in [1.29, 1.82) is 0 Å². The Kier molecular flexibility index (Phi) is 7.05. The highest BCUT2D eigenvalue weighted by molar-refractivity contribution is 5.94. The molecule has 0 saturated heterocycles. The molecular formula is C21H23N5O5. The molecule has 3 rings (SSSR count). The van der Waals surface area contributed by atoms with Crippen LogP contribution >= 0.6 is 0 Å². The first-order valence-corrected chi connectivity index (χ1v) is 9.34. The first-order valence-electron chi connectivity index (χ1n) is 9.34. The van der Waals surface area contributed by atoms with E-state index in [1.54, 1.807) is 47.4 Å². The van der Waals surface area contributed by atoms with Crippen molar-refractivity contribution in [3.63, 3.8) is 0 Å². The van der Waals surface area contributed by atoms with Crippen LogP contribution in [0.25, 0.3) is 5.69 Å². The van der Waals surface area contributed by atoms with Crippen LogP contribution in [0.3, 0.4) is 0 Å². The quantitative estimate of drug-likeness (QED) is 0.535. The predicted molar refractivity (Wildman–Crippen MR) is 113 cm³/mol. The van der Waals surface area contributed by atoms with E-state index in [4.69, 9.17) is 14.2 Å². The molecular weight excluding hydrogens is 402 g/mol. The highest BCUT2D eigenvalue weighted by Gasteiger charge is 2.15. The third-order valence-corrected chi connectivity index (χ3v) is 4.37. The summed E-state index contributed by atoms with van der Waals surface area (Å²) in [5, 5.41) is 9.37. The van der Waals surface area contributed by atoms with Crippen LogP contribution < -0.4 is 24.8 Å². The monoisotopic (exact) mass is 425 g/mol. The van der Waals surface area contributed by atoms with Crippen molar-refractivity contribution in [1.82, 2.24) is 20.1 Å². The van der Waals surface area contributed by atoms with E-state index in [0.717, 1.165) is 5.69 Å². The van der Waals surface area contributed by atoms with Crippen molar-refractivity contribution in [2.24, 2.45) is 0 Å². The summed E-state index contributed by atoms with van der Waals surface area (Å²) in [6.45, 7) is -0.159. The summed E-state index contributed by atoms with van der Waals surface area (Å²) in [4.78, 5) is 28.3. The summed E-state index contributed by atoms with van der Waals surface area (Å²) in [7, 11) is 4.52. The van der Waals surface area contributed by atoms with Gasteiger partial charge < -0.3 is 24.8 Å². The van der Waals surface area contributed by atoms with E-state index < -0.39 is 0 Å². The number of nitrogens with zero attached hydrogens (tertiary/aromatic N) is 3. The van der Waals surface area contributed by atoms with E-state index in [9.17, 15) is 9.59 Å². The van der Waals surface area contributed by atoms with E-state index in [2.05, 4.69) is 20.7 Å². The summed E-state index contributed by atoms with van der Waals surface area (Å²) in [6.07, 6.45) is 3.07. The van der Waals surface area contributed by atoms with E-state index in [-0.39, 0.29) is 24.8 Å². The van der Waals surface area contributed by atoms with Crippen molar-refractivity contribution < 1.29 is 23.8 Å². The summed E-state index contributed by atoms with van der Waals surface area (Å²) >= 11 is 0. The van der Waals surface area contributed by atoms with Gasteiger partial charge in [-0.3, -0.25) is 9.59 Å². The fourth-order valence-corrected chi connectivity index (χ4v) is 2.91. The smallest absolute Gasteiger partial charge is 0.243 e. The second-order valence-corrected chi connectivity index (χ2v) is 6.42. The van der Waals surface area contributed by atoms with Crippen molar-refractivity contribution in [3.8, 4) is 22.9 Å². The Morgan fingerprint density at radius 1 is 0.968 bits per heavy atom. The van der Waals surface area contributed by atoms with Gasteiger partial charge in [0.1, 0.15) is 12.7 Å². The molecule has 0 saturated carbocycles. The Labute approximate surface area is 179 Å². The third-order valence-electron chi connectivity index (χ3n) is 4.37. The van der Waals surface area contributed by atoms with E-state index in [0.29, 0.717) is 28.5 Å². The molecule has 2 N–H and O–H groups in total. The molecule has 10 nitrogen and oxygen atoms in total. The molecule has 0 aliphatic rings. The molecule has 10 heteroatoms. The van der Waals surface area contributed by atoms with Crippen LogP contribution in [0, 0.1) is 0 Å². The number of ether oxygens (including phenoxy) is 3. The lowest BCUT2D eigenvalue weighted by Crippen LogP contribution is -2.33. The van der Waals surface area contributed by atoms with Crippen LogP contribution in [-0.2, 0) is 16.0 Å². The molecule has 0 aliphatic heterocycles. The number of carbonyl (C=O) groups excluding carboxylic acids is 2. The number of rotatable bonds is 9. The third kappa shape index (κ3) is 5.50. The van der Waals surface area contributed by atoms with Crippen molar-refractivity contribution in [3.05, 3.63) is 54.6 Å². The van der Waals surface area contributed by atoms with Crippen LogP contribution in [-0.4, -0.2) is 54.5 Å². The van der Waals surface area contributed by atoms with Gasteiger partial charge in [0, 0.05) is 5.69 Å². The lowest BCUT2D eigenvalue weighted by molar-refractivity contribution is -0.123. The van der Waals surface area contributed by atoms with Crippen LogP contribution in [0.1, 0.15) is 5.56 Å². The lowest BCUT2D eigenvalue weighted by Gasteiger charge is -2.14. The molecule has 0 unspecified atom stereocenters. The molecule has 1 aromatic heterocycles. The number of hydrogen-bond donors (Lipinski definition) is 2. The maximum absolute atomic E-state index is 12.3. The molecule has 162 valence electrons. The average Bonchev–Trinajstić information content (AvgIpc) is 3.32. The molecule has 0 spiro atoms. The van der Waals surface area contributed by atoms with Gasteiger partial charge in [0.2, 0.25) is 17.6 Å². The van der Waals surface area contributed by atoms with E-state index >= 15 is 0 Å². The maximum Gasteiger partial charge on any atom is 0.243 e. The highest BCUT2D eigenvalue weighted by Crippen LogP contribution is 2.38. The summed E-state index contributed by atoms with van der Waals surface area (Å²) < 4.78 is 17.5. The first-order chi connectivity index (χ1) is 15.0. The molecule has 0 bridgehead atoms. The zero-order chi connectivity index (χ0) is 22.2. The Bertz CT molecular complexity index is 1010. The number of carbonyl (C=O) groups is 2. The van der Waals surface area contributed by atoms with E-state index in [1.807, 2.05) is 0 Å². The topological polar surface area (TPSA) is 117 Å². The second-order valence-electron chi connectivity index (χ2n) is 6.42. The number of nitrogens with one attached hydrogen (secondary N) is 2. The van der Waals surface area contributed by atoms with Crippen molar-refractivity contribution >= 4 is 17.5 Å². The van der Waals surface area contributed by atoms with Gasteiger partial charge in [0.25, 0.3) is 0 Å². The zero-order valence-corrected chi connectivity index (χ0v) is 17.4. The molecule has 0 radical (unpaired) electrons. The number of amides is 2. The number of methoxy groups -OCH3 is 3. The summed E-state index contributed by atoms with van der Waals surface area (Å²) in [5.41, 5.74) is 2.08. The Morgan fingerprint density at radius 3 is 2.19 bits per heavy atom. The van der Waals surface area contributed by atoms with Gasteiger partial charge in [-0.2, -0.15) is 5.10 Å². The molecule has 2 amide bonds. The molecule has 0 aliphatic carbocycles. The first kappa shape index (κ1) is 21.6. The zero-order valence-electron chi connectivity index (χ0n) is 17.4. The maximum atomic E-state index is 12.3. The number of aromatic nitrogens is 3. The fraction of sp³-hybridized carbons (Fsp3) is 0.238. The molecule has 1 heterocycles. The predicted octanol–water partition coefficient (Wildman–Crippen LogP) is 1.59. The summed E-state index contributed by atoms with van der Waals surface area (Å²) in [6, 6.07) is 10.5. The fourth-order valence-electron chi connectivity index (χ4n) is 2.91. The van der Waals surface area contributed by atoms with Crippen LogP contribution in [0.4, 0.5) is 5.69 Å². The minimum absolute atomic E-state index is 0.0522. The normalized spacial score (nSPS) is 10.3. The van der Waals surface area contributed by atoms with Crippen molar-refractivity contribution in [2.45, 2.75) is 6.42 Å². The van der Waals surface area contributed by atoms with Crippen LogP contribution in [0.15, 0.2) is 49.1 Å². The van der Waals surface area contributed by atoms with Gasteiger partial charge in [-0.1, -0.05) is 0 Å². The van der Waals surface area contributed by atoms with E-state index in [1.165, 1.54) is 27.7 Å². The minimum atomic E-state index is -0.341. The van der Waals surface area contributed by atoms with Crippen LogP contribution in [0.5, 0.6) is 17.2 Å². The minimum Gasteiger partial charge on any atom is -0.493 e. The molecule has 0 atom stereocenters. The molecule has 3 aromatic rings. The number of hydrogen-bond acceptors (Lipinski definition) is 7. The van der Waals surface area contributed by atoms with Crippen molar-refractivity contribution in [2.75, 3.05) is 33.2 Å². The second kappa shape index (κ2) is 10.1. The average molecular weight is 425 g/mol. The van der Waals surface area contributed by atoms with Crippen LogP contribution in [0.2, 0.25) is 0 Å². The highest BCUT2D eigenvalue weighted by atomic mass is 16.5. The summed E-state index contributed by atoms with van der Waals surface area (Å²) in [5.74, 6) is 0.703. The lowest BCUT2D eigenvalue weighted by atomic mass is 10.1. The molecule has 0 fully saturated rings. The van der Waals surface area contributed by atoms with Gasteiger partial charge >= 0.3 is 0 Å². The standard InChI is InChI=1S/C21H23N5O5/c1-29-17-8-14(9-18(30-2)21(17)31-3)10-19(27)23-11-20(28)25-15-4-6-16(7-5-15)26-13-22-12-24-26/h4-9,12-13H,10-11H2,1-3H3,(H,23,27)(H,25,28). The largest absolute Gasteiger partial charge is 0.493 e. The number of anilines is 1. The number of benzene rings is 2.